The summed E-state index contributed by atoms with van der Waals surface area (Å²) in [6.45, 7) is 1.01. The van der Waals surface area contributed by atoms with Crippen molar-refractivity contribution in [2.45, 2.75) is 32.6 Å². The molecule has 0 unspecified atom stereocenters. The number of carbonyl (C=O) groups is 2. The lowest BCUT2D eigenvalue weighted by Crippen LogP contribution is -2.35. The monoisotopic (exact) mass is 571 g/mol. The second kappa shape index (κ2) is 10.8. The minimum absolute atomic E-state index is 0.00765. The first kappa shape index (κ1) is 27.2. The number of carbonyl (C=O) groups excluding carboxylic acids is 2. The number of hydrogen-bond acceptors (Lipinski definition) is 5. The molecule has 4 aromatic rings. The zero-order valence-electron chi connectivity index (χ0n) is 22.3. The molecule has 0 spiro atoms. The third-order valence-electron chi connectivity index (χ3n) is 7.75. The molecule has 0 atom stereocenters. The Morgan fingerprint density at radius 2 is 1.48 bits per heavy atom. The Morgan fingerprint density at radius 1 is 0.786 bits per heavy atom. The molecule has 8 nitrogen and oxygen atoms in total. The molecule has 212 valence electrons. The van der Waals surface area contributed by atoms with Crippen LogP contribution in [0.1, 0.15) is 48.7 Å². The zero-order valence-corrected chi connectivity index (χ0v) is 22.3. The van der Waals surface area contributed by atoms with Crippen molar-refractivity contribution in [1.82, 2.24) is 19.2 Å². The average molecular weight is 572 g/mol. The average Bonchev–Trinajstić information content (AvgIpc) is 3.36. The molecule has 0 aliphatic carbocycles. The largest absolute Gasteiger partial charge is 0.294 e. The third kappa shape index (κ3) is 4.90. The van der Waals surface area contributed by atoms with Crippen molar-refractivity contribution < 1.29 is 22.8 Å². The van der Waals surface area contributed by atoms with Gasteiger partial charge in [0.15, 0.2) is 0 Å². The van der Waals surface area contributed by atoms with Gasteiger partial charge in [0.2, 0.25) is 0 Å². The Bertz CT molecular complexity index is 1800. The van der Waals surface area contributed by atoms with Crippen LogP contribution in [0.5, 0.6) is 0 Å². The Balaban J connectivity index is 1.33. The van der Waals surface area contributed by atoms with E-state index >= 15 is 0 Å². The van der Waals surface area contributed by atoms with Crippen molar-refractivity contribution in [3.63, 3.8) is 0 Å². The van der Waals surface area contributed by atoms with E-state index in [1.54, 1.807) is 28.9 Å². The molecule has 11 heteroatoms. The maximum atomic E-state index is 13.8. The maximum Gasteiger partial charge on any atom is 0.271 e. The van der Waals surface area contributed by atoms with Crippen LogP contribution < -0.4 is 5.56 Å². The fraction of sp³-hybridized carbons (Fsp3) is 0.226. The summed E-state index contributed by atoms with van der Waals surface area (Å²) in [5.74, 6) is -2.77. The minimum Gasteiger partial charge on any atom is -0.294 e. The van der Waals surface area contributed by atoms with Crippen LogP contribution in [-0.4, -0.2) is 44.1 Å². The molecular weight excluding hydrogens is 547 g/mol. The molecule has 0 radical (unpaired) electrons. The summed E-state index contributed by atoms with van der Waals surface area (Å²) in [5.41, 5.74) is 2.45. The van der Waals surface area contributed by atoms with Crippen LogP contribution in [0, 0.1) is 28.8 Å². The number of imide groups is 1. The van der Waals surface area contributed by atoms with Crippen LogP contribution in [0.2, 0.25) is 0 Å². The summed E-state index contributed by atoms with van der Waals surface area (Å²) < 4.78 is 44.5. The number of nitrogens with zero attached hydrogens (tertiary/aromatic N) is 5. The van der Waals surface area contributed by atoms with Crippen molar-refractivity contribution in [3.05, 3.63) is 128 Å². The molecule has 42 heavy (non-hydrogen) atoms. The number of nitriles is 1. The van der Waals surface area contributed by atoms with E-state index in [4.69, 9.17) is 0 Å². The van der Waals surface area contributed by atoms with Crippen molar-refractivity contribution in [2.75, 3.05) is 13.1 Å². The summed E-state index contributed by atoms with van der Waals surface area (Å²) >= 11 is 0. The smallest absolute Gasteiger partial charge is 0.271 e. The molecular formula is C31H24F3N5O3. The lowest BCUT2D eigenvalue weighted by atomic mass is 10.1. The van der Waals surface area contributed by atoms with Crippen molar-refractivity contribution >= 4 is 11.8 Å². The van der Waals surface area contributed by atoms with Gasteiger partial charge in [-0.15, -0.1) is 0 Å². The molecule has 0 N–H and O–H groups in total. The number of benzene rings is 3. The molecule has 2 amide bonds. The first-order valence-electron chi connectivity index (χ1n) is 13.4. The van der Waals surface area contributed by atoms with Gasteiger partial charge in [0.25, 0.3) is 17.4 Å². The van der Waals surface area contributed by atoms with Gasteiger partial charge in [-0.3, -0.25) is 28.9 Å². The lowest BCUT2D eigenvalue weighted by Gasteiger charge is -2.27. The highest BCUT2D eigenvalue weighted by atomic mass is 19.1. The van der Waals surface area contributed by atoms with Gasteiger partial charge >= 0.3 is 0 Å². The van der Waals surface area contributed by atoms with E-state index in [0.717, 1.165) is 17.0 Å². The van der Waals surface area contributed by atoms with Crippen LogP contribution in [-0.2, 0) is 32.6 Å². The Hall–Kier alpha value is -4.95. The summed E-state index contributed by atoms with van der Waals surface area (Å²) in [6.07, 6.45) is 0.423. The maximum absolute atomic E-state index is 13.8. The first-order valence-corrected chi connectivity index (χ1v) is 13.4. The highest BCUT2D eigenvalue weighted by Gasteiger charge is 2.35. The fourth-order valence-electron chi connectivity index (χ4n) is 5.79. The highest BCUT2D eigenvalue weighted by Crippen LogP contribution is 2.24. The predicted octanol–water partition coefficient (Wildman–Crippen LogP) is 3.84. The van der Waals surface area contributed by atoms with Crippen LogP contribution in [0.15, 0.2) is 65.5 Å². The lowest BCUT2D eigenvalue weighted by molar-refractivity contribution is 0.0645. The molecule has 3 heterocycles. The third-order valence-corrected chi connectivity index (χ3v) is 7.75. The molecule has 2 aliphatic heterocycles. The predicted molar refractivity (Wildman–Crippen MR) is 145 cm³/mol. The van der Waals surface area contributed by atoms with Gasteiger partial charge in [-0.1, -0.05) is 18.2 Å². The number of rotatable bonds is 7. The molecule has 0 saturated carbocycles. The zero-order chi connectivity index (χ0) is 29.5. The van der Waals surface area contributed by atoms with E-state index in [-0.39, 0.29) is 43.8 Å². The number of hydrogen-bond donors (Lipinski definition) is 0. The van der Waals surface area contributed by atoms with Gasteiger partial charge in [-0.2, -0.15) is 5.26 Å². The Labute approximate surface area is 238 Å². The first-order chi connectivity index (χ1) is 20.2. The van der Waals surface area contributed by atoms with E-state index in [2.05, 4.69) is 0 Å². The minimum atomic E-state index is -0.683. The van der Waals surface area contributed by atoms with E-state index in [9.17, 15) is 32.8 Å². The van der Waals surface area contributed by atoms with Crippen molar-refractivity contribution in [3.8, 4) is 6.07 Å². The molecule has 0 fully saturated rings. The van der Waals surface area contributed by atoms with Crippen molar-refractivity contribution in [2.24, 2.45) is 0 Å². The van der Waals surface area contributed by atoms with Gasteiger partial charge in [0.1, 0.15) is 17.5 Å². The molecule has 1 aromatic heterocycles. The van der Waals surface area contributed by atoms with E-state index < -0.39 is 29.3 Å². The van der Waals surface area contributed by atoms with E-state index in [0.29, 0.717) is 46.5 Å². The highest BCUT2D eigenvalue weighted by molar-refractivity contribution is 6.21. The summed E-state index contributed by atoms with van der Waals surface area (Å²) in [5, 5.41) is 9.57. The van der Waals surface area contributed by atoms with Crippen molar-refractivity contribution in [1.29, 1.82) is 5.26 Å². The topological polar surface area (TPSA) is 91.3 Å². The van der Waals surface area contributed by atoms with Crippen LogP contribution in [0.4, 0.5) is 13.2 Å². The summed E-state index contributed by atoms with van der Waals surface area (Å²) in [4.78, 5) is 42.8. The van der Waals surface area contributed by atoms with Crippen LogP contribution >= 0.6 is 0 Å². The number of amides is 2. The summed E-state index contributed by atoms with van der Waals surface area (Å²) in [7, 11) is 0. The van der Waals surface area contributed by atoms with Gasteiger partial charge < -0.3 is 0 Å². The van der Waals surface area contributed by atoms with Crippen LogP contribution in [0.3, 0.4) is 0 Å². The summed E-state index contributed by atoms with van der Waals surface area (Å²) in [6, 6.07) is 15.6. The van der Waals surface area contributed by atoms with Gasteiger partial charge in [0.05, 0.1) is 41.4 Å². The standard InChI is InChI=1S/C31H24F3N5O3/c32-22-6-5-20(21(13-22)15-35)17-39-31(42)27-18-36(16-19-11-23(33)14-24(34)12-19)8-7-28(27)38(39)10-9-37-29(40)25-3-1-2-4-26(25)30(37)41/h1-6,11-14H,7-10,16-18H2. The van der Waals surface area contributed by atoms with Gasteiger partial charge in [-0.05, 0) is 47.5 Å². The molecule has 0 bridgehead atoms. The van der Waals surface area contributed by atoms with Crippen LogP contribution in [0.25, 0.3) is 0 Å². The second-order valence-corrected chi connectivity index (χ2v) is 10.4. The second-order valence-electron chi connectivity index (χ2n) is 10.4. The normalized spacial score (nSPS) is 14.7. The Kier molecular flexibility index (Phi) is 7.00. The van der Waals surface area contributed by atoms with Gasteiger partial charge in [-0.25, -0.2) is 17.9 Å². The SMILES string of the molecule is N#Cc1cc(F)ccc1Cn1c(=O)c2c(n1CCN1C(=O)c3ccccc3C1=O)CCN(Cc1cc(F)cc(F)c1)C2. The van der Waals surface area contributed by atoms with E-state index in [1.165, 1.54) is 28.9 Å². The molecule has 3 aromatic carbocycles. The Morgan fingerprint density at radius 3 is 2.14 bits per heavy atom. The quantitative estimate of drug-likeness (QED) is 0.315. The number of fused-ring (bicyclic) bond motifs is 2. The molecule has 0 saturated heterocycles. The fourth-order valence-corrected chi connectivity index (χ4v) is 5.79. The van der Waals surface area contributed by atoms with Gasteiger partial charge in [0, 0.05) is 44.4 Å². The number of halogens is 3. The molecule has 6 rings (SSSR count). The molecule has 2 aliphatic rings. The number of aromatic nitrogens is 2. The van der Waals surface area contributed by atoms with E-state index in [1.807, 2.05) is 11.0 Å².